The number of rotatable bonds is 1. The second-order valence-electron chi connectivity index (χ2n) is 4.97. The second kappa shape index (κ2) is 2.46. The molecule has 0 N–H and O–H groups in total. The number of hydrogen-bond donors (Lipinski definition) is 0. The minimum atomic E-state index is 0.333. The fraction of sp³-hybridized carbons (Fsp3) is 0.750. The van der Waals surface area contributed by atoms with E-state index < -0.39 is 0 Å². The first-order valence-electron chi connectivity index (χ1n) is 5.48. The summed E-state index contributed by atoms with van der Waals surface area (Å²) in [6, 6.07) is 0. The largest absolute Gasteiger partial charge is 0.295 e. The highest BCUT2D eigenvalue weighted by atomic mass is 16.1. The average molecular weight is 176 g/mol. The van der Waals surface area contributed by atoms with Crippen LogP contribution in [0.15, 0.2) is 11.6 Å². The molecule has 0 aromatic rings. The van der Waals surface area contributed by atoms with Crippen molar-refractivity contribution in [1.29, 1.82) is 0 Å². The maximum atomic E-state index is 11.4. The summed E-state index contributed by atoms with van der Waals surface area (Å²) < 4.78 is 0. The molecule has 3 aliphatic rings. The fourth-order valence-corrected chi connectivity index (χ4v) is 4.01. The molecule has 2 fully saturated rings. The van der Waals surface area contributed by atoms with Gasteiger partial charge in [-0.05, 0) is 61.9 Å². The Hall–Kier alpha value is -0.590. The van der Waals surface area contributed by atoms with E-state index in [-0.39, 0.29) is 0 Å². The van der Waals surface area contributed by atoms with Crippen molar-refractivity contribution in [3.8, 4) is 0 Å². The molecular formula is C12H16O. The average Bonchev–Trinajstić information content (AvgIpc) is 2.76. The molecule has 13 heavy (non-hydrogen) atoms. The molecule has 70 valence electrons. The summed E-state index contributed by atoms with van der Waals surface area (Å²) in [6.07, 6.45) is 7.66. The van der Waals surface area contributed by atoms with Crippen LogP contribution >= 0.6 is 0 Å². The molecule has 2 bridgehead atoms. The smallest absolute Gasteiger partial charge is 0.155 e. The van der Waals surface area contributed by atoms with Crippen LogP contribution in [0.1, 0.15) is 32.6 Å². The van der Waals surface area contributed by atoms with Crippen LogP contribution in [0.2, 0.25) is 0 Å². The van der Waals surface area contributed by atoms with Crippen LogP contribution in [-0.2, 0) is 4.79 Å². The van der Waals surface area contributed by atoms with Gasteiger partial charge in [0.1, 0.15) is 0 Å². The molecule has 1 heteroatoms. The van der Waals surface area contributed by atoms with Crippen molar-refractivity contribution in [2.24, 2.45) is 23.7 Å². The van der Waals surface area contributed by atoms with Crippen molar-refractivity contribution in [2.45, 2.75) is 32.6 Å². The van der Waals surface area contributed by atoms with E-state index in [0.29, 0.717) is 11.7 Å². The summed E-state index contributed by atoms with van der Waals surface area (Å²) in [5.41, 5.74) is 1.18. The van der Waals surface area contributed by atoms with Gasteiger partial charge >= 0.3 is 0 Å². The maximum Gasteiger partial charge on any atom is 0.155 e. The number of allylic oxidation sites excluding steroid dienone is 2. The summed E-state index contributed by atoms with van der Waals surface area (Å²) in [5, 5.41) is 0. The molecule has 0 saturated heterocycles. The zero-order valence-corrected chi connectivity index (χ0v) is 8.12. The molecule has 4 atom stereocenters. The third-order valence-corrected chi connectivity index (χ3v) is 4.46. The van der Waals surface area contributed by atoms with Gasteiger partial charge < -0.3 is 0 Å². The molecule has 0 aromatic heterocycles. The zero-order valence-electron chi connectivity index (χ0n) is 8.12. The lowest BCUT2D eigenvalue weighted by molar-refractivity contribution is -0.114. The van der Waals surface area contributed by atoms with Crippen molar-refractivity contribution in [2.75, 3.05) is 0 Å². The molecule has 0 spiro atoms. The van der Waals surface area contributed by atoms with E-state index in [1.807, 2.05) is 0 Å². The lowest BCUT2D eigenvalue weighted by atomic mass is 9.78. The van der Waals surface area contributed by atoms with E-state index in [2.05, 4.69) is 6.08 Å². The van der Waals surface area contributed by atoms with Crippen molar-refractivity contribution in [1.82, 2.24) is 0 Å². The summed E-state index contributed by atoms with van der Waals surface area (Å²) in [7, 11) is 0. The fourth-order valence-electron chi connectivity index (χ4n) is 4.01. The van der Waals surface area contributed by atoms with E-state index in [0.717, 1.165) is 17.8 Å². The SMILES string of the molecule is CC(=O)C1=CCC2C3CCC(C3)C12. The van der Waals surface area contributed by atoms with Crippen LogP contribution in [0.25, 0.3) is 0 Å². The number of carbonyl (C=O) groups is 1. The number of ketones is 1. The van der Waals surface area contributed by atoms with Crippen LogP contribution in [0.5, 0.6) is 0 Å². The van der Waals surface area contributed by atoms with Gasteiger partial charge in [0.2, 0.25) is 0 Å². The van der Waals surface area contributed by atoms with Gasteiger partial charge in [0.25, 0.3) is 0 Å². The Bertz CT molecular complexity index is 289. The van der Waals surface area contributed by atoms with E-state index in [1.54, 1.807) is 6.92 Å². The molecule has 0 aromatic carbocycles. The Kier molecular flexibility index (Phi) is 1.47. The predicted molar refractivity (Wildman–Crippen MR) is 51.2 cm³/mol. The van der Waals surface area contributed by atoms with E-state index in [9.17, 15) is 4.79 Å². The van der Waals surface area contributed by atoms with Crippen LogP contribution in [0.3, 0.4) is 0 Å². The third-order valence-electron chi connectivity index (χ3n) is 4.46. The van der Waals surface area contributed by atoms with Crippen LogP contribution in [0.4, 0.5) is 0 Å². The van der Waals surface area contributed by atoms with Gasteiger partial charge in [-0.25, -0.2) is 0 Å². The van der Waals surface area contributed by atoms with Gasteiger partial charge in [-0.2, -0.15) is 0 Å². The molecule has 0 amide bonds. The van der Waals surface area contributed by atoms with Crippen LogP contribution in [0, 0.1) is 23.7 Å². The monoisotopic (exact) mass is 176 g/mol. The number of fused-ring (bicyclic) bond motifs is 5. The lowest BCUT2D eigenvalue weighted by Crippen LogP contribution is -2.21. The van der Waals surface area contributed by atoms with Gasteiger partial charge in [0, 0.05) is 0 Å². The van der Waals surface area contributed by atoms with E-state index in [4.69, 9.17) is 0 Å². The standard InChI is InChI=1S/C12H16O/c1-7(13)10-4-5-11-8-2-3-9(6-8)12(10)11/h4,8-9,11-12H,2-3,5-6H2,1H3. The van der Waals surface area contributed by atoms with Crippen molar-refractivity contribution >= 4 is 5.78 Å². The van der Waals surface area contributed by atoms with Crippen LogP contribution < -0.4 is 0 Å². The first-order chi connectivity index (χ1) is 6.27. The molecule has 3 aliphatic carbocycles. The molecule has 0 radical (unpaired) electrons. The lowest BCUT2D eigenvalue weighted by Gasteiger charge is -2.26. The van der Waals surface area contributed by atoms with E-state index in [1.165, 1.54) is 31.3 Å². The second-order valence-corrected chi connectivity index (χ2v) is 4.97. The minimum Gasteiger partial charge on any atom is -0.295 e. The minimum absolute atomic E-state index is 0.333. The molecule has 2 saturated carbocycles. The van der Waals surface area contributed by atoms with Gasteiger partial charge in [-0.1, -0.05) is 6.08 Å². The Morgan fingerprint density at radius 1 is 1.38 bits per heavy atom. The van der Waals surface area contributed by atoms with Gasteiger partial charge in [0.15, 0.2) is 5.78 Å². The Balaban J connectivity index is 1.93. The van der Waals surface area contributed by atoms with E-state index >= 15 is 0 Å². The topological polar surface area (TPSA) is 17.1 Å². The first kappa shape index (κ1) is 7.78. The quantitative estimate of drug-likeness (QED) is 0.600. The van der Waals surface area contributed by atoms with Crippen molar-refractivity contribution in [3.63, 3.8) is 0 Å². The first-order valence-corrected chi connectivity index (χ1v) is 5.48. The predicted octanol–water partition coefficient (Wildman–Crippen LogP) is 2.57. The molecule has 0 heterocycles. The molecule has 4 unspecified atom stereocenters. The summed E-state index contributed by atoms with van der Waals surface area (Å²) in [5.74, 6) is 3.70. The van der Waals surface area contributed by atoms with Gasteiger partial charge in [-0.15, -0.1) is 0 Å². The molecular weight excluding hydrogens is 160 g/mol. The number of hydrogen-bond acceptors (Lipinski definition) is 1. The number of carbonyl (C=O) groups excluding carboxylic acids is 1. The highest BCUT2D eigenvalue weighted by molar-refractivity contribution is 5.94. The van der Waals surface area contributed by atoms with Crippen molar-refractivity contribution < 1.29 is 4.79 Å². The maximum absolute atomic E-state index is 11.4. The third kappa shape index (κ3) is 0.905. The Labute approximate surface area is 79.2 Å². The summed E-state index contributed by atoms with van der Waals surface area (Å²) in [4.78, 5) is 11.4. The highest BCUT2D eigenvalue weighted by Gasteiger charge is 2.51. The summed E-state index contributed by atoms with van der Waals surface area (Å²) in [6.45, 7) is 1.74. The highest BCUT2D eigenvalue weighted by Crippen LogP contribution is 2.58. The van der Waals surface area contributed by atoms with Gasteiger partial charge in [0.05, 0.1) is 0 Å². The Morgan fingerprint density at radius 2 is 2.15 bits per heavy atom. The molecule has 3 rings (SSSR count). The molecule has 1 nitrogen and oxygen atoms in total. The van der Waals surface area contributed by atoms with Crippen molar-refractivity contribution in [3.05, 3.63) is 11.6 Å². The normalized spacial score (nSPS) is 46.4. The van der Waals surface area contributed by atoms with Crippen LogP contribution in [-0.4, -0.2) is 5.78 Å². The zero-order chi connectivity index (χ0) is 9.00. The number of Topliss-reactive ketones (excluding diaryl/α,β-unsaturated/α-hetero) is 1. The summed E-state index contributed by atoms with van der Waals surface area (Å²) >= 11 is 0. The molecule has 0 aliphatic heterocycles. The Morgan fingerprint density at radius 3 is 2.92 bits per heavy atom. The van der Waals surface area contributed by atoms with Gasteiger partial charge in [-0.3, -0.25) is 4.79 Å².